The van der Waals surface area contributed by atoms with Gasteiger partial charge in [-0.15, -0.1) is 11.8 Å². The van der Waals surface area contributed by atoms with Crippen LogP contribution in [0.5, 0.6) is 0 Å². The first-order valence-electron chi connectivity index (χ1n) is 7.02. The Morgan fingerprint density at radius 3 is 2.38 bits per heavy atom. The zero-order valence-electron chi connectivity index (χ0n) is 12.9. The van der Waals surface area contributed by atoms with Crippen LogP contribution in [0.25, 0.3) is 0 Å². The van der Waals surface area contributed by atoms with Crippen LogP contribution in [0.1, 0.15) is 15.9 Å². The molecule has 7 heteroatoms. The maximum Gasteiger partial charge on any atom is 0.269 e. The van der Waals surface area contributed by atoms with E-state index in [1.54, 1.807) is 0 Å². The molecule has 2 aromatic rings. The number of ketones is 1. The third-order valence-corrected chi connectivity index (χ3v) is 4.18. The summed E-state index contributed by atoms with van der Waals surface area (Å²) in [5.41, 5.74) is 1.41. The Morgan fingerprint density at radius 1 is 1.21 bits per heavy atom. The quantitative estimate of drug-likeness (QED) is 0.341. The second-order valence-electron chi connectivity index (χ2n) is 4.86. The Labute approximate surface area is 148 Å². The molecule has 0 amide bonds. The molecular weight excluding hydrogens is 348 g/mol. The molecule has 0 saturated carbocycles. The third kappa shape index (κ3) is 5.11. The van der Waals surface area contributed by atoms with E-state index in [9.17, 15) is 14.9 Å². The Bertz CT molecular complexity index is 758. The van der Waals surface area contributed by atoms with Crippen molar-refractivity contribution in [1.82, 2.24) is 5.32 Å². The van der Waals surface area contributed by atoms with Gasteiger partial charge >= 0.3 is 0 Å². The van der Waals surface area contributed by atoms with Crippen LogP contribution < -0.4 is 5.32 Å². The largest absolute Gasteiger partial charge is 0.376 e. The fourth-order valence-corrected chi connectivity index (χ4v) is 2.49. The molecule has 0 aliphatic carbocycles. The molecule has 0 bridgehead atoms. The molecular formula is C17H15ClN2O3S. The molecule has 0 heterocycles. The molecule has 0 radical (unpaired) electrons. The van der Waals surface area contributed by atoms with Crippen molar-refractivity contribution in [3.8, 4) is 0 Å². The SMILES string of the molecule is CSC(=CC(=O)c1ccc([N+](=O)[O-])cc1)NCc1ccc(Cl)cc1. The van der Waals surface area contributed by atoms with Crippen molar-refractivity contribution in [2.75, 3.05) is 6.26 Å². The van der Waals surface area contributed by atoms with Gasteiger partial charge in [-0.3, -0.25) is 14.9 Å². The topological polar surface area (TPSA) is 72.2 Å². The molecule has 0 aliphatic heterocycles. The number of hydrogen-bond acceptors (Lipinski definition) is 5. The van der Waals surface area contributed by atoms with Crippen molar-refractivity contribution >= 4 is 34.8 Å². The van der Waals surface area contributed by atoms with Gasteiger partial charge < -0.3 is 5.32 Å². The van der Waals surface area contributed by atoms with Gasteiger partial charge in [0.05, 0.1) is 9.95 Å². The first-order valence-corrected chi connectivity index (χ1v) is 8.62. The molecule has 0 unspecified atom stereocenters. The van der Waals surface area contributed by atoms with Gasteiger partial charge in [0, 0.05) is 35.3 Å². The van der Waals surface area contributed by atoms with Crippen LogP contribution in [0.2, 0.25) is 5.02 Å². The zero-order valence-corrected chi connectivity index (χ0v) is 14.4. The predicted octanol–water partition coefficient (Wildman–Crippen LogP) is 4.43. The number of benzene rings is 2. The fraction of sp³-hybridized carbons (Fsp3) is 0.118. The summed E-state index contributed by atoms with van der Waals surface area (Å²) in [5.74, 6) is -0.210. The van der Waals surface area contributed by atoms with Crippen molar-refractivity contribution in [3.05, 3.63) is 85.9 Å². The Kier molecular flexibility index (Phi) is 6.40. The van der Waals surface area contributed by atoms with Crippen molar-refractivity contribution in [2.24, 2.45) is 0 Å². The number of nitro benzene ring substituents is 1. The van der Waals surface area contributed by atoms with E-state index < -0.39 is 4.92 Å². The number of allylic oxidation sites excluding steroid dienone is 1. The molecule has 0 aliphatic rings. The highest BCUT2D eigenvalue weighted by Gasteiger charge is 2.09. The molecule has 1 N–H and O–H groups in total. The minimum atomic E-state index is -0.495. The fourth-order valence-electron chi connectivity index (χ4n) is 1.92. The molecule has 0 fully saturated rings. The molecule has 5 nitrogen and oxygen atoms in total. The number of thioether (sulfide) groups is 1. The summed E-state index contributed by atoms with van der Waals surface area (Å²) in [6.45, 7) is 0.567. The summed E-state index contributed by atoms with van der Waals surface area (Å²) in [6.07, 6.45) is 3.35. The first kappa shape index (κ1) is 18.0. The van der Waals surface area contributed by atoms with E-state index in [-0.39, 0.29) is 11.5 Å². The van der Waals surface area contributed by atoms with Crippen LogP contribution in [-0.4, -0.2) is 17.0 Å². The Morgan fingerprint density at radius 2 is 1.83 bits per heavy atom. The number of hydrogen-bond donors (Lipinski definition) is 1. The van der Waals surface area contributed by atoms with E-state index in [1.807, 2.05) is 30.5 Å². The average molecular weight is 363 g/mol. The van der Waals surface area contributed by atoms with Gasteiger partial charge in [-0.05, 0) is 36.1 Å². The lowest BCUT2D eigenvalue weighted by Gasteiger charge is -2.08. The van der Waals surface area contributed by atoms with Crippen LogP contribution in [0.3, 0.4) is 0 Å². The van der Waals surface area contributed by atoms with Crippen LogP contribution >= 0.6 is 23.4 Å². The molecule has 0 saturated heterocycles. The van der Waals surface area contributed by atoms with E-state index >= 15 is 0 Å². The number of rotatable bonds is 7. The van der Waals surface area contributed by atoms with Gasteiger partial charge in [0.25, 0.3) is 5.69 Å². The number of carbonyl (C=O) groups excluding carboxylic acids is 1. The summed E-state index contributed by atoms with van der Waals surface area (Å²) in [7, 11) is 0. The number of non-ortho nitro benzene ring substituents is 1. The molecule has 24 heavy (non-hydrogen) atoms. The van der Waals surface area contributed by atoms with Crippen LogP contribution in [0.15, 0.2) is 59.6 Å². The molecule has 0 aromatic heterocycles. The van der Waals surface area contributed by atoms with E-state index in [4.69, 9.17) is 11.6 Å². The van der Waals surface area contributed by atoms with E-state index in [2.05, 4.69) is 5.32 Å². The van der Waals surface area contributed by atoms with Crippen molar-refractivity contribution < 1.29 is 9.72 Å². The average Bonchev–Trinajstić information content (AvgIpc) is 2.59. The molecule has 2 rings (SSSR count). The van der Waals surface area contributed by atoms with Crippen molar-refractivity contribution in [2.45, 2.75) is 6.54 Å². The van der Waals surface area contributed by atoms with Gasteiger partial charge in [-0.1, -0.05) is 23.7 Å². The lowest BCUT2D eigenvalue weighted by Crippen LogP contribution is -2.12. The highest BCUT2D eigenvalue weighted by Crippen LogP contribution is 2.16. The number of halogens is 1. The van der Waals surface area contributed by atoms with Crippen LogP contribution in [0.4, 0.5) is 5.69 Å². The van der Waals surface area contributed by atoms with Crippen LogP contribution in [0, 0.1) is 10.1 Å². The highest BCUT2D eigenvalue weighted by molar-refractivity contribution is 8.02. The number of nitro groups is 1. The van der Waals surface area contributed by atoms with Gasteiger partial charge in [-0.25, -0.2) is 0 Å². The normalized spacial score (nSPS) is 11.2. The van der Waals surface area contributed by atoms with Gasteiger partial charge in [0.2, 0.25) is 0 Å². The summed E-state index contributed by atoms with van der Waals surface area (Å²) in [6, 6.07) is 13.0. The summed E-state index contributed by atoms with van der Waals surface area (Å²) in [5, 5.41) is 15.2. The lowest BCUT2D eigenvalue weighted by molar-refractivity contribution is -0.384. The third-order valence-electron chi connectivity index (χ3n) is 3.22. The monoisotopic (exact) mass is 362 g/mol. The maximum absolute atomic E-state index is 12.2. The smallest absolute Gasteiger partial charge is 0.269 e. The first-order chi connectivity index (χ1) is 11.5. The van der Waals surface area contributed by atoms with Crippen LogP contribution in [-0.2, 0) is 6.54 Å². The number of nitrogens with zero attached hydrogens (tertiary/aromatic N) is 1. The van der Waals surface area contributed by atoms with Crippen molar-refractivity contribution in [3.63, 3.8) is 0 Å². The van der Waals surface area contributed by atoms with Gasteiger partial charge in [0.1, 0.15) is 0 Å². The molecule has 124 valence electrons. The lowest BCUT2D eigenvalue weighted by atomic mass is 10.1. The molecule has 2 aromatic carbocycles. The van der Waals surface area contributed by atoms with E-state index in [1.165, 1.54) is 42.1 Å². The second-order valence-corrected chi connectivity index (χ2v) is 6.15. The molecule has 0 spiro atoms. The van der Waals surface area contributed by atoms with Gasteiger partial charge in [-0.2, -0.15) is 0 Å². The summed E-state index contributed by atoms with van der Waals surface area (Å²) < 4.78 is 0. The maximum atomic E-state index is 12.2. The second kappa shape index (κ2) is 8.52. The standard InChI is InChI=1S/C17H15ClN2O3S/c1-24-17(19-11-12-2-6-14(18)7-3-12)10-16(21)13-4-8-15(9-5-13)20(22)23/h2-10,19H,11H2,1H3. The minimum Gasteiger partial charge on any atom is -0.376 e. The Balaban J connectivity index is 2.04. The van der Waals surface area contributed by atoms with Gasteiger partial charge in [0.15, 0.2) is 5.78 Å². The summed E-state index contributed by atoms with van der Waals surface area (Å²) in [4.78, 5) is 22.4. The highest BCUT2D eigenvalue weighted by atomic mass is 35.5. The molecule has 0 atom stereocenters. The minimum absolute atomic E-state index is 0.0403. The van der Waals surface area contributed by atoms with Crippen molar-refractivity contribution in [1.29, 1.82) is 0 Å². The Hall–Kier alpha value is -2.31. The van der Waals surface area contributed by atoms with E-state index in [0.717, 1.165) is 5.56 Å². The number of nitrogens with one attached hydrogen (secondary N) is 1. The predicted molar refractivity (Wildman–Crippen MR) is 97.3 cm³/mol. The zero-order chi connectivity index (χ0) is 17.5. The summed E-state index contributed by atoms with van der Waals surface area (Å²) >= 11 is 7.26. The number of carbonyl (C=O) groups is 1. The van der Waals surface area contributed by atoms with E-state index in [0.29, 0.717) is 22.2 Å².